The van der Waals surface area contributed by atoms with Gasteiger partial charge in [0.05, 0.1) is 32.5 Å². The van der Waals surface area contributed by atoms with E-state index < -0.39 is 11.9 Å². The Morgan fingerprint density at radius 2 is 1.12 bits per heavy atom. The van der Waals surface area contributed by atoms with Gasteiger partial charge in [0.15, 0.2) is 11.5 Å². The van der Waals surface area contributed by atoms with E-state index in [1.807, 2.05) is 0 Å². The first-order chi connectivity index (χ1) is 15.5. The van der Waals surface area contributed by atoms with Crippen LogP contribution >= 0.6 is 0 Å². The Labute approximate surface area is 184 Å². The van der Waals surface area contributed by atoms with Crippen LogP contribution in [0.25, 0.3) is 0 Å². The van der Waals surface area contributed by atoms with Crippen molar-refractivity contribution in [1.29, 1.82) is 0 Å². The predicted octanol–water partition coefficient (Wildman–Crippen LogP) is 3.56. The number of benzene rings is 2. The molecule has 2 aromatic rings. The molecule has 0 radical (unpaired) electrons. The molecule has 1 aliphatic carbocycles. The molecule has 9 nitrogen and oxygen atoms in total. The van der Waals surface area contributed by atoms with Crippen LogP contribution in [-0.4, -0.2) is 44.7 Å². The van der Waals surface area contributed by atoms with Gasteiger partial charge in [-0.2, -0.15) is 0 Å². The standard InChI is InChI=1S/C23H20N2O7/c1-28-19-13-16(14-20(29-2)21(19)30-3)23(27)32-25-18-11-9-17(10-12-18)24-31-22(26)15-7-5-4-6-8-15/h4-14H,1-3H3. The number of rotatable bonds is 7. The third kappa shape index (κ3) is 5.39. The van der Waals surface area contributed by atoms with E-state index in [2.05, 4.69) is 10.3 Å². The molecule has 0 spiro atoms. The Morgan fingerprint density at radius 3 is 1.56 bits per heavy atom. The number of ether oxygens (including phenoxy) is 3. The summed E-state index contributed by atoms with van der Waals surface area (Å²) in [6.07, 6.45) is 6.23. The minimum Gasteiger partial charge on any atom is -0.493 e. The normalized spacial score (nSPS) is 12.1. The maximum absolute atomic E-state index is 12.4. The maximum Gasteiger partial charge on any atom is 0.366 e. The molecule has 3 rings (SSSR count). The van der Waals surface area contributed by atoms with Gasteiger partial charge < -0.3 is 23.9 Å². The van der Waals surface area contributed by atoms with Gasteiger partial charge in [-0.15, -0.1) is 0 Å². The molecule has 9 heteroatoms. The fourth-order valence-corrected chi connectivity index (χ4v) is 2.64. The monoisotopic (exact) mass is 436 g/mol. The zero-order valence-corrected chi connectivity index (χ0v) is 17.6. The van der Waals surface area contributed by atoms with Gasteiger partial charge in [0, 0.05) is 0 Å². The summed E-state index contributed by atoms with van der Waals surface area (Å²) in [5.74, 6) is -0.297. The Morgan fingerprint density at radius 1 is 0.656 bits per heavy atom. The SMILES string of the molecule is COc1cc(C(=O)ON=C2C=CC(=NOC(=O)c3ccccc3)C=C2)cc(OC)c1OC. The Hall–Kier alpha value is -4.40. The quantitative estimate of drug-likeness (QED) is 0.371. The molecule has 0 atom stereocenters. The summed E-state index contributed by atoms with van der Waals surface area (Å²) in [4.78, 5) is 34.2. The number of methoxy groups -OCH3 is 3. The lowest BCUT2D eigenvalue weighted by atomic mass is 10.1. The minimum atomic E-state index is -0.713. The Kier molecular flexibility index (Phi) is 7.37. The summed E-state index contributed by atoms with van der Waals surface area (Å²) < 4.78 is 15.7. The van der Waals surface area contributed by atoms with Gasteiger partial charge in [-0.3, -0.25) is 0 Å². The van der Waals surface area contributed by atoms with E-state index in [0.717, 1.165) is 0 Å². The molecule has 0 heterocycles. The van der Waals surface area contributed by atoms with Crippen molar-refractivity contribution in [2.45, 2.75) is 0 Å². The lowest BCUT2D eigenvalue weighted by molar-refractivity contribution is 0.0507. The molecule has 0 aromatic heterocycles. The third-order valence-electron chi connectivity index (χ3n) is 4.23. The molecular weight excluding hydrogens is 416 g/mol. The Balaban J connectivity index is 1.63. The molecular formula is C23H20N2O7. The summed E-state index contributed by atoms with van der Waals surface area (Å²) in [7, 11) is 4.35. The molecule has 0 saturated carbocycles. The molecule has 0 amide bonds. The van der Waals surface area contributed by atoms with Crippen LogP contribution in [0.5, 0.6) is 17.2 Å². The molecule has 0 aliphatic heterocycles. The zero-order chi connectivity index (χ0) is 22.9. The van der Waals surface area contributed by atoms with Crippen LogP contribution in [0.1, 0.15) is 20.7 Å². The average Bonchev–Trinajstić information content (AvgIpc) is 2.85. The lowest BCUT2D eigenvalue weighted by Gasteiger charge is -2.13. The van der Waals surface area contributed by atoms with Gasteiger partial charge in [-0.05, 0) is 48.6 Å². The van der Waals surface area contributed by atoms with Crippen molar-refractivity contribution < 1.29 is 33.5 Å². The molecule has 32 heavy (non-hydrogen) atoms. The molecule has 0 unspecified atom stereocenters. The third-order valence-corrected chi connectivity index (χ3v) is 4.23. The predicted molar refractivity (Wildman–Crippen MR) is 117 cm³/mol. The largest absolute Gasteiger partial charge is 0.493 e. The second-order valence-corrected chi connectivity index (χ2v) is 6.24. The van der Waals surface area contributed by atoms with E-state index in [1.165, 1.54) is 33.5 Å². The van der Waals surface area contributed by atoms with E-state index in [9.17, 15) is 9.59 Å². The van der Waals surface area contributed by atoms with Crippen LogP contribution in [0.3, 0.4) is 0 Å². The second kappa shape index (κ2) is 10.6. The van der Waals surface area contributed by atoms with Gasteiger partial charge in [-0.25, -0.2) is 9.59 Å². The summed E-state index contributed by atoms with van der Waals surface area (Å²) in [6, 6.07) is 11.4. The summed E-state index contributed by atoms with van der Waals surface area (Å²) in [6.45, 7) is 0. The van der Waals surface area contributed by atoms with Crippen molar-refractivity contribution >= 4 is 23.4 Å². The van der Waals surface area contributed by atoms with Crippen molar-refractivity contribution in [3.63, 3.8) is 0 Å². The van der Waals surface area contributed by atoms with E-state index in [0.29, 0.717) is 34.2 Å². The highest BCUT2D eigenvalue weighted by molar-refractivity contribution is 6.18. The number of carbonyl (C=O) groups excluding carboxylic acids is 2. The van der Waals surface area contributed by atoms with Crippen molar-refractivity contribution in [2.75, 3.05) is 21.3 Å². The number of allylic oxidation sites excluding steroid dienone is 4. The van der Waals surface area contributed by atoms with Gasteiger partial charge in [-0.1, -0.05) is 28.5 Å². The highest BCUT2D eigenvalue weighted by Gasteiger charge is 2.18. The van der Waals surface area contributed by atoms with Crippen LogP contribution in [0.2, 0.25) is 0 Å². The molecule has 1 aliphatic rings. The van der Waals surface area contributed by atoms with Crippen LogP contribution in [-0.2, 0) is 9.68 Å². The second-order valence-electron chi connectivity index (χ2n) is 6.24. The fraction of sp³-hybridized carbons (Fsp3) is 0.130. The molecule has 0 bridgehead atoms. The highest BCUT2D eigenvalue weighted by Crippen LogP contribution is 2.38. The molecule has 0 saturated heterocycles. The molecule has 2 aromatic carbocycles. The van der Waals surface area contributed by atoms with E-state index in [1.54, 1.807) is 54.6 Å². The van der Waals surface area contributed by atoms with Crippen LogP contribution in [0.15, 0.2) is 77.1 Å². The first-order valence-corrected chi connectivity index (χ1v) is 9.35. The summed E-state index contributed by atoms with van der Waals surface area (Å²) >= 11 is 0. The van der Waals surface area contributed by atoms with Crippen molar-refractivity contribution in [3.05, 3.63) is 77.9 Å². The Bertz CT molecular complexity index is 1080. The topological polar surface area (TPSA) is 105 Å². The number of hydrogen-bond acceptors (Lipinski definition) is 9. The van der Waals surface area contributed by atoms with E-state index in [-0.39, 0.29) is 5.56 Å². The van der Waals surface area contributed by atoms with Gasteiger partial charge in [0.1, 0.15) is 11.4 Å². The van der Waals surface area contributed by atoms with E-state index >= 15 is 0 Å². The zero-order valence-electron chi connectivity index (χ0n) is 17.6. The van der Waals surface area contributed by atoms with Gasteiger partial charge in [0.2, 0.25) is 5.75 Å². The number of carbonyl (C=O) groups is 2. The lowest BCUT2D eigenvalue weighted by Crippen LogP contribution is -2.07. The first kappa shape index (κ1) is 22.3. The first-order valence-electron chi connectivity index (χ1n) is 9.35. The van der Waals surface area contributed by atoms with Crippen molar-refractivity contribution in [2.24, 2.45) is 10.3 Å². The average molecular weight is 436 g/mol. The smallest absolute Gasteiger partial charge is 0.366 e. The van der Waals surface area contributed by atoms with Gasteiger partial charge >= 0.3 is 11.9 Å². The molecule has 164 valence electrons. The molecule has 0 fully saturated rings. The maximum atomic E-state index is 12.4. The van der Waals surface area contributed by atoms with Crippen molar-refractivity contribution in [3.8, 4) is 17.2 Å². The van der Waals surface area contributed by atoms with Crippen LogP contribution in [0, 0.1) is 0 Å². The number of oxime groups is 2. The fourth-order valence-electron chi connectivity index (χ4n) is 2.64. The van der Waals surface area contributed by atoms with Gasteiger partial charge in [0.25, 0.3) is 0 Å². The van der Waals surface area contributed by atoms with Crippen LogP contribution in [0.4, 0.5) is 0 Å². The number of nitrogens with zero attached hydrogens (tertiary/aromatic N) is 2. The van der Waals surface area contributed by atoms with Crippen molar-refractivity contribution in [1.82, 2.24) is 0 Å². The van der Waals surface area contributed by atoms with E-state index in [4.69, 9.17) is 23.9 Å². The van der Waals surface area contributed by atoms with Crippen LogP contribution < -0.4 is 14.2 Å². The molecule has 0 N–H and O–H groups in total. The summed E-state index contributed by atoms with van der Waals surface area (Å²) in [5.41, 5.74) is 1.31. The minimum absolute atomic E-state index is 0.169. The number of hydrogen-bond donors (Lipinski definition) is 0. The summed E-state index contributed by atoms with van der Waals surface area (Å²) in [5, 5.41) is 7.59. The highest BCUT2D eigenvalue weighted by atomic mass is 16.7.